The van der Waals surface area contributed by atoms with Gasteiger partial charge in [-0.25, -0.2) is 4.79 Å². The SMILES string of the molecule is COc1cc2ccc(=O)oc2c(O[C@@H]2OC(CO)C(O)C(O)C2O)c1O.O. The van der Waals surface area contributed by atoms with Crippen molar-refractivity contribution in [3.05, 3.63) is 28.6 Å². The number of hydrogen-bond donors (Lipinski definition) is 5. The van der Waals surface area contributed by atoms with Gasteiger partial charge in [0.05, 0.1) is 13.7 Å². The van der Waals surface area contributed by atoms with Gasteiger partial charge in [0.25, 0.3) is 0 Å². The van der Waals surface area contributed by atoms with Gasteiger partial charge < -0.3 is 49.6 Å². The van der Waals surface area contributed by atoms with Crippen LogP contribution in [0, 0.1) is 0 Å². The molecule has 0 amide bonds. The first-order chi connectivity index (χ1) is 12.4. The van der Waals surface area contributed by atoms with Crippen LogP contribution in [0.25, 0.3) is 11.0 Å². The Balaban J connectivity index is 0.00000261. The molecule has 0 spiro atoms. The number of aliphatic hydroxyl groups is 4. The molecule has 2 heterocycles. The van der Waals surface area contributed by atoms with Gasteiger partial charge in [0.1, 0.15) is 24.4 Å². The van der Waals surface area contributed by atoms with Crippen molar-refractivity contribution in [2.45, 2.75) is 30.7 Å². The monoisotopic (exact) mass is 388 g/mol. The van der Waals surface area contributed by atoms with Crippen LogP contribution < -0.4 is 15.1 Å². The lowest BCUT2D eigenvalue weighted by atomic mass is 9.99. The lowest BCUT2D eigenvalue weighted by Gasteiger charge is -2.39. The maximum Gasteiger partial charge on any atom is 0.336 e. The number of methoxy groups -OCH3 is 1. The van der Waals surface area contributed by atoms with Crippen molar-refractivity contribution in [2.24, 2.45) is 0 Å². The highest BCUT2D eigenvalue weighted by Crippen LogP contribution is 2.43. The lowest BCUT2D eigenvalue weighted by Crippen LogP contribution is -2.60. The third-order valence-electron chi connectivity index (χ3n) is 4.11. The Labute approximate surface area is 151 Å². The fourth-order valence-electron chi connectivity index (χ4n) is 2.69. The Morgan fingerprint density at radius 2 is 1.85 bits per heavy atom. The number of ether oxygens (including phenoxy) is 3. The third-order valence-corrected chi connectivity index (χ3v) is 4.11. The first kappa shape index (κ1) is 20.9. The molecule has 1 aliphatic rings. The number of fused-ring (bicyclic) bond motifs is 1. The maximum atomic E-state index is 11.5. The van der Waals surface area contributed by atoms with Crippen LogP contribution in [0.4, 0.5) is 0 Å². The molecule has 1 aliphatic heterocycles. The van der Waals surface area contributed by atoms with Crippen LogP contribution in [0.5, 0.6) is 17.2 Å². The van der Waals surface area contributed by atoms with E-state index >= 15 is 0 Å². The second-order valence-electron chi connectivity index (χ2n) is 5.74. The van der Waals surface area contributed by atoms with Gasteiger partial charge in [-0.05, 0) is 12.1 Å². The minimum Gasteiger partial charge on any atom is -0.502 e. The molecule has 27 heavy (non-hydrogen) atoms. The Hall–Kier alpha value is -2.41. The summed E-state index contributed by atoms with van der Waals surface area (Å²) in [6.45, 7) is -0.648. The van der Waals surface area contributed by atoms with Crippen LogP contribution in [0.3, 0.4) is 0 Å². The van der Waals surface area contributed by atoms with Gasteiger partial charge in [-0.1, -0.05) is 0 Å². The van der Waals surface area contributed by atoms with E-state index in [4.69, 9.17) is 18.6 Å². The van der Waals surface area contributed by atoms with Gasteiger partial charge in [0.15, 0.2) is 11.3 Å². The molecule has 5 atom stereocenters. The first-order valence-electron chi connectivity index (χ1n) is 7.68. The van der Waals surface area contributed by atoms with Gasteiger partial charge in [-0.15, -0.1) is 0 Å². The zero-order valence-corrected chi connectivity index (χ0v) is 14.1. The van der Waals surface area contributed by atoms with Crippen molar-refractivity contribution in [2.75, 3.05) is 13.7 Å². The molecule has 0 aliphatic carbocycles. The molecule has 11 heteroatoms. The van der Waals surface area contributed by atoms with Gasteiger partial charge in [0, 0.05) is 11.5 Å². The molecule has 1 fully saturated rings. The average Bonchev–Trinajstić information content (AvgIpc) is 2.64. The molecule has 1 saturated heterocycles. The summed E-state index contributed by atoms with van der Waals surface area (Å²) in [6, 6.07) is 3.99. The van der Waals surface area contributed by atoms with E-state index in [0.29, 0.717) is 5.39 Å². The summed E-state index contributed by atoms with van der Waals surface area (Å²) in [6.07, 6.45) is -7.72. The minimum absolute atomic E-state index is 0. The van der Waals surface area contributed by atoms with E-state index in [1.807, 2.05) is 0 Å². The molecular weight excluding hydrogens is 368 g/mol. The quantitative estimate of drug-likeness (QED) is 0.361. The normalized spacial score (nSPS) is 27.8. The van der Waals surface area contributed by atoms with Crippen LogP contribution >= 0.6 is 0 Å². The molecule has 11 nitrogen and oxygen atoms in total. The molecule has 4 unspecified atom stereocenters. The predicted octanol–water partition coefficient (Wildman–Crippen LogP) is -2.14. The zero-order valence-electron chi connectivity index (χ0n) is 14.1. The number of hydrogen-bond acceptors (Lipinski definition) is 10. The Bertz CT molecular complexity index is 846. The molecule has 150 valence electrons. The average molecular weight is 388 g/mol. The molecule has 3 rings (SSSR count). The van der Waals surface area contributed by atoms with Gasteiger partial charge in [-0.3, -0.25) is 0 Å². The van der Waals surface area contributed by atoms with Gasteiger partial charge in [0.2, 0.25) is 17.8 Å². The van der Waals surface area contributed by atoms with Crippen molar-refractivity contribution in [1.82, 2.24) is 0 Å². The topological polar surface area (TPSA) is 191 Å². The van der Waals surface area contributed by atoms with E-state index < -0.39 is 48.7 Å². The number of benzene rings is 1. The summed E-state index contributed by atoms with van der Waals surface area (Å²) in [5, 5.41) is 49.6. The smallest absolute Gasteiger partial charge is 0.336 e. The van der Waals surface area contributed by atoms with Crippen LogP contribution in [0.15, 0.2) is 27.4 Å². The Morgan fingerprint density at radius 3 is 2.48 bits per heavy atom. The second kappa shape index (κ2) is 8.08. The fraction of sp³-hybridized carbons (Fsp3) is 0.438. The van der Waals surface area contributed by atoms with E-state index in [2.05, 4.69) is 0 Å². The minimum atomic E-state index is -1.70. The van der Waals surface area contributed by atoms with Crippen molar-refractivity contribution in [3.8, 4) is 17.2 Å². The maximum absolute atomic E-state index is 11.5. The number of phenolic OH excluding ortho intramolecular Hbond substituents is 1. The van der Waals surface area contributed by atoms with Crippen LogP contribution in [0.1, 0.15) is 0 Å². The summed E-state index contributed by atoms with van der Waals surface area (Å²) in [5.41, 5.74) is -0.839. The zero-order chi connectivity index (χ0) is 19.0. The van der Waals surface area contributed by atoms with Crippen LogP contribution in [-0.4, -0.2) is 75.4 Å². The Morgan fingerprint density at radius 1 is 1.15 bits per heavy atom. The molecule has 0 bridgehead atoms. The number of rotatable bonds is 4. The summed E-state index contributed by atoms with van der Waals surface area (Å²) >= 11 is 0. The lowest BCUT2D eigenvalue weighted by molar-refractivity contribution is -0.277. The highest BCUT2D eigenvalue weighted by atomic mass is 16.7. The van der Waals surface area contributed by atoms with E-state index in [1.54, 1.807) is 0 Å². The molecule has 0 saturated carbocycles. The Kier molecular flexibility index (Phi) is 6.26. The molecule has 0 radical (unpaired) electrons. The van der Waals surface area contributed by atoms with E-state index in [1.165, 1.54) is 19.2 Å². The van der Waals surface area contributed by atoms with E-state index in [9.17, 15) is 30.3 Å². The van der Waals surface area contributed by atoms with E-state index in [-0.39, 0.29) is 22.6 Å². The van der Waals surface area contributed by atoms with Crippen LogP contribution in [-0.2, 0) is 4.74 Å². The standard InChI is InChI=1S/C16H18O10.H2O/c1-23-7-4-6-2-3-9(18)25-14(6)15(11(7)20)26-16-13(22)12(21)10(19)8(5-17)24-16;/h2-4,8,10,12-13,16-17,19-22H,5H2,1H3;1H2/t8?,10?,12?,13?,16-;/m0./s1. The predicted molar refractivity (Wildman–Crippen MR) is 88.7 cm³/mol. The van der Waals surface area contributed by atoms with Crippen molar-refractivity contribution in [1.29, 1.82) is 0 Å². The molecular formula is C16H20O11. The summed E-state index contributed by atoms with van der Waals surface area (Å²) in [7, 11) is 1.30. The number of aromatic hydroxyl groups is 1. The summed E-state index contributed by atoms with van der Waals surface area (Å²) in [4.78, 5) is 11.5. The first-order valence-corrected chi connectivity index (χ1v) is 7.68. The largest absolute Gasteiger partial charge is 0.502 e. The van der Waals surface area contributed by atoms with Crippen LogP contribution in [0.2, 0.25) is 0 Å². The number of phenols is 1. The van der Waals surface area contributed by atoms with Gasteiger partial charge >= 0.3 is 5.63 Å². The summed E-state index contributed by atoms with van der Waals surface area (Å²) < 4.78 is 20.8. The van der Waals surface area contributed by atoms with Crippen molar-refractivity contribution in [3.63, 3.8) is 0 Å². The highest BCUT2D eigenvalue weighted by molar-refractivity contribution is 5.87. The molecule has 7 N–H and O–H groups in total. The number of aliphatic hydroxyl groups excluding tert-OH is 4. The third kappa shape index (κ3) is 3.69. The molecule has 2 aromatic rings. The fourth-order valence-corrected chi connectivity index (χ4v) is 2.69. The molecule has 1 aromatic heterocycles. The van der Waals surface area contributed by atoms with Crippen molar-refractivity contribution < 1.29 is 49.6 Å². The van der Waals surface area contributed by atoms with Crippen molar-refractivity contribution >= 4 is 11.0 Å². The molecule has 1 aromatic carbocycles. The van der Waals surface area contributed by atoms with E-state index in [0.717, 1.165) is 6.07 Å². The summed E-state index contributed by atoms with van der Waals surface area (Å²) in [5.74, 6) is -0.876. The second-order valence-corrected chi connectivity index (χ2v) is 5.74. The highest BCUT2D eigenvalue weighted by Gasteiger charge is 2.45. The van der Waals surface area contributed by atoms with Gasteiger partial charge in [-0.2, -0.15) is 0 Å².